The lowest BCUT2D eigenvalue weighted by Gasteiger charge is -2.55. The Bertz CT molecular complexity index is 4230. The number of hydrogen-bond donors (Lipinski definition) is 2. The Morgan fingerprint density at radius 1 is 0.650 bits per heavy atom. The van der Waals surface area contributed by atoms with Gasteiger partial charge in [0.05, 0.1) is 40.5 Å². The van der Waals surface area contributed by atoms with E-state index >= 15 is 0 Å². The molecule has 21 nitrogen and oxygen atoms in total. The number of nitrogens with zero attached hydrogens (tertiary/aromatic N) is 15. The van der Waals surface area contributed by atoms with Gasteiger partial charge in [-0.05, 0) is 123 Å². The number of rotatable bonds is 12. The minimum Gasteiger partial charge on any atom is -0.457 e. The molecular formula is C59H51N17O4. The van der Waals surface area contributed by atoms with Gasteiger partial charge in [0, 0.05) is 88.0 Å². The lowest BCUT2D eigenvalue weighted by atomic mass is 9.87. The number of ether oxygens (including phenoxy) is 2. The zero-order valence-corrected chi connectivity index (χ0v) is 44.1. The van der Waals surface area contributed by atoms with Crippen LogP contribution in [0, 0.1) is 30.6 Å². The van der Waals surface area contributed by atoms with Gasteiger partial charge in [-0.25, -0.2) is 44.4 Å². The van der Waals surface area contributed by atoms with Gasteiger partial charge in [0.15, 0.2) is 17.3 Å². The first-order valence-electron chi connectivity index (χ1n) is 26.2. The molecule has 11 heterocycles. The standard InChI is InChI=1S/C59H51N17O4/c1-5-7-54(77)73-23-21-72(22-24-73)51-17-12-44-56(69-51)58(62-33-60-44)65-39-10-16-49(80-42-11-14-47-46(29-42)63-35-71(47)4)37(26-39)27-50-67-45-13-18-52(74-31-40-28-41(32-74)76(40)55(78)8-6-2)70-57(45)59(68-50)66-38-9-15-48(36(3)25-38)79-43-19-20-75-53(30-43)61-34-64-75/h9-20,25-26,29-30,33-35,40-41H,21-24,27-28,31-32H2,1-4H3,(H,60,62,65)(H,66,67,68). The number of anilines is 6. The second kappa shape index (κ2) is 20.5. The molecule has 0 radical (unpaired) electrons. The van der Waals surface area contributed by atoms with Crippen LogP contribution in [0.3, 0.4) is 0 Å². The van der Waals surface area contributed by atoms with Crippen molar-refractivity contribution in [1.82, 2.24) is 63.9 Å². The number of carbonyl (C=O) groups excluding carboxylic acids is 2. The number of aromatic nitrogens is 11. The van der Waals surface area contributed by atoms with E-state index in [0.717, 1.165) is 51.6 Å². The third-order valence-corrected chi connectivity index (χ3v) is 14.7. The largest absolute Gasteiger partial charge is 0.457 e. The monoisotopic (exact) mass is 1060 g/mol. The van der Waals surface area contributed by atoms with Crippen molar-refractivity contribution >= 4 is 85.2 Å². The van der Waals surface area contributed by atoms with Crippen LogP contribution in [-0.4, -0.2) is 127 Å². The first-order valence-corrected chi connectivity index (χ1v) is 26.2. The molecule has 4 aliphatic rings. The SMILES string of the molecule is CC#CC(=O)N1CCN(c2ccc3ncnc(Nc4ccc(Oc5ccc6c(c5)ncn6C)c(Cc5nc(Nc6ccc(Oc7ccn8ncnc8c7)c(C)c6)c6nc(N7CC8CC(C7)N8C(=O)C#CC)ccc6n5)c4)c3n2)CC1. The zero-order chi connectivity index (χ0) is 54.4. The number of nitrogens with one attached hydrogen (secondary N) is 2. The first kappa shape index (κ1) is 49.2. The van der Waals surface area contributed by atoms with E-state index in [2.05, 4.69) is 69.1 Å². The molecule has 2 atom stereocenters. The minimum atomic E-state index is -0.169. The van der Waals surface area contributed by atoms with Crippen LogP contribution in [0.2, 0.25) is 0 Å². The lowest BCUT2D eigenvalue weighted by Crippen LogP contribution is -2.70. The Labute approximate surface area is 458 Å². The van der Waals surface area contributed by atoms with Crippen LogP contribution in [0.5, 0.6) is 23.0 Å². The van der Waals surface area contributed by atoms with Crippen molar-refractivity contribution in [3.8, 4) is 46.7 Å². The molecule has 0 spiro atoms. The number of carbonyl (C=O) groups is 2. The third-order valence-electron chi connectivity index (χ3n) is 14.7. The molecule has 10 aromatic rings. The zero-order valence-electron chi connectivity index (χ0n) is 44.1. The number of aryl methyl sites for hydroxylation is 2. The molecule has 4 aliphatic heterocycles. The molecule has 2 N–H and O–H groups in total. The van der Waals surface area contributed by atoms with Crippen molar-refractivity contribution in [2.24, 2.45) is 7.05 Å². The fourth-order valence-corrected chi connectivity index (χ4v) is 10.7. The molecule has 2 amide bonds. The molecule has 2 bridgehead atoms. The molecule has 4 fully saturated rings. The summed E-state index contributed by atoms with van der Waals surface area (Å²) in [6.45, 7) is 8.91. The maximum Gasteiger partial charge on any atom is 0.299 e. The second-order valence-corrected chi connectivity index (χ2v) is 19.8. The molecule has 7 aromatic heterocycles. The van der Waals surface area contributed by atoms with Gasteiger partial charge < -0.3 is 44.3 Å². The Kier molecular flexibility index (Phi) is 12.6. The number of imidazole rings is 1. The fraction of sp³-hybridized carbons (Fsp3) is 0.237. The molecule has 396 valence electrons. The van der Waals surface area contributed by atoms with E-state index in [4.69, 9.17) is 29.4 Å². The minimum absolute atomic E-state index is 0.0546. The van der Waals surface area contributed by atoms with Crippen molar-refractivity contribution in [3.05, 3.63) is 133 Å². The van der Waals surface area contributed by atoms with Gasteiger partial charge >= 0.3 is 0 Å². The van der Waals surface area contributed by atoms with Crippen LogP contribution >= 0.6 is 0 Å². The highest BCUT2D eigenvalue weighted by Crippen LogP contribution is 2.38. The average Bonchev–Trinajstić information content (AvgIpc) is 4.18. The molecule has 4 saturated heterocycles. The third kappa shape index (κ3) is 9.61. The summed E-state index contributed by atoms with van der Waals surface area (Å²) in [5, 5.41) is 11.3. The van der Waals surface area contributed by atoms with Crippen molar-refractivity contribution in [2.75, 3.05) is 59.7 Å². The van der Waals surface area contributed by atoms with Crippen LogP contribution in [0.4, 0.5) is 34.6 Å². The van der Waals surface area contributed by atoms with Crippen molar-refractivity contribution in [2.45, 2.75) is 45.7 Å². The summed E-state index contributed by atoms with van der Waals surface area (Å²) >= 11 is 0. The number of benzene rings is 3. The van der Waals surface area contributed by atoms with Gasteiger partial charge in [-0.3, -0.25) is 9.59 Å². The van der Waals surface area contributed by atoms with E-state index in [1.165, 1.54) is 12.7 Å². The molecular weight excluding hydrogens is 1010 g/mol. The number of piperidine rings is 1. The summed E-state index contributed by atoms with van der Waals surface area (Å²) in [6, 6.07) is 29.2. The van der Waals surface area contributed by atoms with Crippen LogP contribution in [0.15, 0.2) is 116 Å². The van der Waals surface area contributed by atoms with E-state index in [1.807, 2.05) is 121 Å². The lowest BCUT2D eigenvalue weighted by molar-refractivity contribution is -0.139. The number of fused-ring (bicyclic) bond motifs is 6. The maximum absolute atomic E-state index is 12.9. The highest BCUT2D eigenvalue weighted by Gasteiger charge is 2.47. The smallest absolute Gasteiger partial charge is 0.299 e. The maximum atomic E-state index is 12.9. The van der Waals surface area contributed by atoms with Crippen LogP contribution in [0.1, 0.15) is 37.2 Å². The van der Waals surface area contributed by atoms with Gasteiger partial charge in [0.25, 0.3) is 11.8 Å². The predicted molar refractivity (Wildman–Crippen MR) is 302 cm³/mol. The Morgan fingerprint density at radius 3 is 2.16 bits per heavy atom. The quantitative estimate of drug-likeness (QED) is 0.112. The van der Waals surface area contributed by atoms with Crippen molar-refractivity contribution in [3.63, 3.8) is 0 Å². The second-order valence-electron chi connectivity index (χ2n) is 19.8. The van der Waals surface area contributed by atoms with Gasteiger partial charge in [-0.2, -0.15) is 5.10 Å². The van der Waals surface area contributed by atoms with Gasteiger partial charge in [0.1, 0.15) is 64.1 Å². The number of amides is 2. The molecule has 21 heteroatoms. The van der Waals surface area contributed by atoms with Gasteiger partial charge in [-0.1, -0.05) is 11.8 Å². The average molecular weight is 1060 g/mol. The summed E-state index contributed by atoms with van der Waals surface area (Å²) in [5.41, 5.74) is 8.07. The van der Waals surface area contributed by atoms with E-state index in [9.17, 15) is 9.59 Å². The van der Waals surface area contributed by atoms with Gasteiger partial charge in [0.2, 0.25) is 0 Å². The van der Waals surface area contributed by atoms with Gasteiger partial charge in [-0.15, -0.1) is 0 Å². The Morgan fingerprint density at radius 2 is 1.36 bits per heavy atom. The van der Waals surface area contributed by atoms with Crippen molar-refractivity contribution in [1.29, 1.82) is 0 Å². The van der Waals surface area contributed by atoms with E-state index in [1.54, 1.807) is 29.6 Å². The summed E-state index contributed by atoms with van der Waals surface area (Å²) in [6.07, 6.45) is 7.78. The van der Waals surface area contributed by atoms with Crippen LogP contribution in [0.25, 0.3) is 38.7 Å². The van der Waals surface area contributed by atoms with Crippen LogP contribution in [-0.2, 0) is 23.1 Å². The molecule has 0 saturated carbocycles. The molecule has 14 rings (SSSR count). The van der Waals surface area contributed by atoms with Crippen molar-refractivity contribution < 1.29 is 19.1 Å². The van der Waals surface area contributed by atoms with E-state index in [0.29, 0.717) is 107 Å². The molecule has 80 heavy (non-hydrogen) atoms. The first-order chi connectivity index (χ1) is 39.1. The Hall–Kier alpha value is -10.4. The van der Waals surface area contributed by atoms with Crippen LogP contribution < -0.4 is 29.9 Å². The highest BCUT2D eigenvalue weighted by molar-refractivity contribution is 5.95. The molecule has 3 aromatic carbocycles. The number of piperazine rings is 2. The normalized spacial score (nSPS) is 15.8. The number of pyridine rings is 3. The summed E-state index contributed by atoms with van der Waals surface area (Å²) in [5.74, 6) is 16.1. The molecule has 0 aliphatic carbocycles. The Balaban J connectivity index is 0.845. The van der Waals surface area contributed by atoms with E-state index < -0.39 is 0 Å². The molecule has 2 unspecified atom stereocenters. The highest BCUT2D eigenvalue weighted by atomic mass is 16.5. The summed E-state index contributed by atoms with van der Waals surface area (Å²) in [7, 11) is 1.96. The summed E-state index contributed by atoms with van der Waals surface area (Å²) < 4.78 is 16.7. The fourth-order valence-electron chi connectivity index (χ4n) is 10.7. The topological polar surface area (TPSA) is 215 Å². The number of hydrogen-bond acceptors (Lipinski definition) is 17. The summed E-state index contributed by atoms with van der Waals surface area (Å²) in [4.78, 5) is 72.3. The predicted octanol–water partition coefficient (Wildman–Crippen LogP) is 7.75. The van der Waals surface area contributed by atoms with E-state index in [-0.39, 0.29) is 30.3 Å².